The van der Waals surface area contributed by atoms with Crippen molar-refractivity contribution in [3.63, 3.8) is 0 Å². The Hall–Kier alpha value is -2.11. The Morgan fingerprint density at radius 1 is 0.260 bits per heavy atom. The maximum absolute atomic E-state index is 12.8. The van der Waals surface area contributed by atoms with Gasteiger partial charge in [0.2, 0.25) is 0 Å². The lowest BCUT2D eigenvalue weighted by Crippen LogP contribution is -2.30. The average molecular weight is 1080 g/mol. The van der Waals surface area contributed by atoms with E-state index >= 15 is 0 Å². The van der Waals surface area contributed by atoms with Crippen LogP contribution in [-0.4, -0.2) is 37.2 Å². The first-order valence-corrected chi connectivity index (χ1v) is 34.8. The van der Waals surface area contributed by atoms with Crippen LogP contribution in [0, 0.1) is 0 Å². The summed E-state index contributed by atoms with van der Waals surface area (Å²) in [5.41, 5.74) is 0. The van der Waals surface area contributed by atoms with E-state index in [-0.39, 0.29) is 31.1 Å². The van der Waals surface area contributed by atoms with Crippen molar-refractivity contribution < 1.29 is 28.6 Å². The van der Waals surface area contributed by atoms with Crippen molar-refractivity contribution in [2.75, 3.05) is 13.2 Å². The van der Waals surface area contributed by atoms with Crippen LogP contribution in [0.3, 0.4) is 0 Å². The van der Waals surface area contributed by atoms with Crippen LogP contribution in [-0.2, 0) is 28.6 Å². The zero-order chi connectivity index (χ0) is 55.7. The topological polar surface area (TPSA) is 78.9 Å². The molecule has 0 aliphatic heterocycles. The smallest absolute Gasteiger partial charge is 0.306 e. The lowest BCUT2D eigenvalue weighted by molar-refractivity contribution is -0.167. The Morgan fingerprint density at radius 2 is 0.468 bits per heavy atom. The van der Waals surface area contributed by atoms with E-state index in [1.54, 1.807) is 0 Å². The van der Waals surface area contributed by atoms with Gasteiger partial charge in [-0.1, -0.05) is 347 Å². The van der Waals surface area contributed by atoms with E-state index in [4.69, 9.17) is 14.2 Å². The van der Waals surface area contributed by atoms with E-state index in [1.165, 1.54) is 283 Å². The van der Waals surface area contributed by atoms with Gasteiger partial charge in [-0.25, -0.2) is 0 Å². The molecule has 0 aliphatic rings. The monoisotopic (exact) mass is 1080 g/mol. The summed E-state index contributed by atoms with van der Waals surface area (Å²) >= 11 is 0. The normalized spacial score (nSPS) is 12.1. The van der Waals surface area contributed by atoms with E-state index in [0.29, 0.717) is 19.3 Å². The standard InChI is InChI=1S/C71H134O6/c1-4-7-10-13-15-17-19-21-23-25-27-29-30-31-32-33-34-35-36-37-38-39-40-42-43-45-47-49-51-53-55-58-61-64-70(73)76-67-68(66-75-69(72)63-60-57-12-9-6-3)77-71(74)65-62-59-56-54-52-50-48-46-44-41-28-26-24-22-20-18-16-14-11-8-5-2/h19,21,25,27,68H,4-18,20,22-24,26,28-67H2,1-3H3/b21-19-,27-25-. The minimum atomic E-state index is -0.763. The van der Waals surface area contributed by atoms with Gasteiger partial charge in [-0.15, -0.1) is 0 Å². The lowest BCUT2D eigenvalue weighted by Gasteiger charge is -2.18. The van der Waals surface area contributed by atoms with Crippen molar-refractivity contribution in [3.8, 4) is 0 Å². The van der Waals surface area contributed by atoms with Gasteiger partial charge < -0.3 is 14.2 Å². The van der Waals surface area contributed by atoms with Crippen molar-refractivity contribution in [2.45, 2.75) is 399 Å². The second-order valence-electron chi connectivity index (χ2n) is 23.8. The largest absolute Gasteiger partial charge is 0.462 e. The third-order valence-electron chi connectivity index (χ3n) is 16.0. The van der Waals surface area contributed by atoms with Crippen molar-refractivity contribution >= 4 is 17.9 Å². The predicted molar refractivity (Wildman–Crippen MR) is 335 cm³/mol. The Bertz CT molecular complexity index is 1240. The first-order chi connectivity index (χ1) is 38.0. The molecular formula is C71H134O6. The van der Waals surface area contributed by atoms with Crippen molar-refractivity contribution in [1.29, 1.82) is 0 Å². The summed E-state index contributed by atoms with van der Waals surface area (Å²) in [6.07, 6.45) is 81.3. The summed E-state index contributed by atoms with van der Waals surface area (Å²) in [6, 6.07) is 0. The lowest BCUT2D eigenvalue weighted by atomic mass is 10.0. The number of ether oxygens (including phenoxy) is 3. The van der Waals surface area contributed by atoms with Gasteiger partial charge in [0.05, 0.1) is 0 Å². The van der Waals surface area contributed by atoms with E-state index in [2.05, 4.69) is 45.1 Å². The molecule has 77 heavy (non-hydrogen) atoms. The fourth-order valence-electron chi connectivity index (χ4n) is 10.7. The molecule has 0 rings (SSSR count). The third kappa shape index (κ3) is 64.6. The van der Waals surface area contributed by atoms with Crippen LogP contribution in [0.5, 0.6) is 0 Å². The van der Waals surface area contributed by atoms with Crippen molar-refractivity contribution in [3.05, 3.63) is 24.3 Å². The molecule has 0 N–H and O–H groups in total. The molecule has 0 heterocycles. The zero-order valence-electron chi connectivity index (χ0n) is 52.3. The molecule has 0 spiro atoms. The molecule has 0 aliphatic carbocycles. The second-order valence-corrected chi connectivity index (χ2v) is 23.8. The van der Waals surface area contributed by atoms with Gasteiger partial charge in [-0.3, -0.25) is 14.4 Å². The Labute approximate surface area is 481 Å². The number of hydrogen-bond acceptors (Lipinski definition) is 6. The molecular weight excluding hydrogens is 949 g/mol. The van der Waals surface area contributed by atoms with Gasteiger partial charge in [-0.05, 0) is 51.4 Å². The van der Waals surface area contributed by atoms with Crippen LogP contribution in [0.2, 0.25) is 0 Å². The first-order valence-electron chi connectivity index (χ1n) is 34.8. The van der Waals surface area contributed by atoms with Crippen LogP contribution >= 0.6 is 0 Å². The molecule has 6 nitrogen and oxygen atoms in total. The predicted octanol–water partition coefficient (Wildman–Crippen LogP) is 23.8. The summed E-state index contributed by atoms with van der Waals surface area (Å²) in [5.74, 6) is -0.850. The van der Waals surface area contributed by atoms with Gasteiger partial charge in [0.25, 0.3) is 0 Å². The maximum Gasteiger partial charge on any atom is 0.306 e. The molecule has 0 radical (unpaired) electrons. The number of allylic oxidation sites excluding steroid dienone is 4. The maximum atomic E-state index is 12.8. The Morgan fingerprint density at radius 3 is 0.714 bits per heavy atom. The Balaban J connectivity index is 3.88. The summed E-state index contributed by atoms with van der Waals surface area (Å²) in [5, 5.41) is 0. The third-order valence-corrected chi connectivity index (χ3v) is 16.0. The molecule has 0 saturated carbocycles. The molecule has 1 atom stereocenters. The summed E-state index contributed by atoms with van der Waals surface area (Å²) in [7, 11) is 0. The first kappa shape index (κ1) is 74.9. The highest BCUT2D eigenvalue weighted by molar-refractivity contribution is 5.71. The molecule has 454 valence electrons. The molecule has 0 aromatic carbocycles. The molecule has 6 heteroatoms. The van der Waals surface area contributed by atoms with Crippen molar-refractivity contribution in [2.24, 2.45) is 0 Å². The number of esters is 3. The number of carbonyl (C=O) groups excluding carboxylic acids is 3. The van der Waals surface area contributed by atoms with Crippen LogP contribution in [0.15, 0.2) is 24.3 Å². The van der Waals surface area contributed by atoms with Gasteiger partial charge in [-0.2, -0.15) is 0 Å². The number of unbranched alkanes of at least 4 members (excludes halogenated alkanes) is 50. The summed E-state index contributed by atoms with van der Waals surface area (Å²) < 4.78 is 16.8. The van der Waals surface area contributed by atoms with E-state index < -0.39 is 6.10 Å². The fraction of sp³-hybridized carbons (Fsp3) is 0.901. The van der Waals surface area contributed by atoms with Crippen LogP contribution in [0.25, 0.3) is 0 Å². The highest BCUT2D eigenvalue weighted by atomic mass is 16.6. The van der Waals surface area contributed by atoms with Crippen LogP contribution in [0.1, 0.15) is 393 Å². The van der Waals surface area contributed by atoms with E-state index in [0.717, 1.165) is 70.6 Å². The van der Waals surface area contributed by atoms with E-state index in [9.17, 15) is 14.4 Å². The Kier molecular flexibility index (Phi) is 64.6. The van der Waals surface area contributed by atoms with Crippen molar-refractivity contribution in [1.82, 2.24) is 0 Å². The summed E-state index contributed by atoms with van der Waals surface area (Å²) in [4.78, 5) is 38.0. The second kappa shape index (κ2) is 66.4. The number of carbonyl (C=O) groups is 3. The molecule has 0 aromatic rings. The SMILES string of the molecule is CCCCCCC/C=C\C/C=C\CCCCCCCCCCCCCCCCCCCCCCCC(=O)OCC(COC(=O)CCCCCCC)OC(=O)CCCCCCCCCCCCCCCCCCCCCCC. The van der Waals surface area contributed by atoms with Gasteiger partial charge >= 0.3 is 17.9 Å². The molecule has 0 saturated heterocycles. The minimum absolute atomic E-state index is 0.0646. The molecule has 0 fully saturated rings. The number of hydrogen-bond donors (Lipinski definition) is 0. The highest BCUT2D eigenvalue weighted by Crippen LogP contribution is 2.19. The molecule has 0 amide bonds. The van der Waals surface area contributed by atoms with Gasteiger partial charge in [0, 0.05) is 19.3 Å². The van der Waals surface area contributed by atoms with Crippen LogP contribution < -0.4 is 0 Å². The van der Waals surface area contributed by atoms with Gasteiger partial charge in [0.1, 0.15) is 13.2 Å². The van der Waals surface area contributed by atoms with Crippen LogP contribution in [0.4, 0.5) is 0 Å². The number of rotatable bonds is 65. The zero-order valence-corrected chi connectivity index (χ0v) is 52.3. The summed E-state index contributed by atoms with van der Waals surface area (Å²) in [6.45, 7) is 6.62. The molecule has 0 bridgehead atoms. The quantitative estimate of drug-likeness (QED) is 0.0261. The molecule has 1 unspecified atom stereocenters. The van der Waals surface area contributed by atoms with E-state index in [1.807, 2.05) is 0 Å². The fourth-order valence-corrected chi connectivity index (χ4v) is 10.7. The average Bonchev–Trinajstić information content (AvgIpc) is 3.43. The molecule has 0 aromatic heterocycles. The van der Waals surface area contributed by atoms with Gasteiger partial charge in [0.15, 0.2) is 6.10 Å². The minimum Gasteiger partial charge on any atom is -0.462 e. The highest BCUT2D eigenvalue weighted by Gasteiger charge is 2.19.